The number of halogens is 1. The molecule has 3 aromatic rings. The van der Waals surface area contributed by atoms with Gasteiger partial charge in [0, 0.05) is 10.6 Å². The number of carbonyl (C=O) groups is 1. The van der Waals surface area contributed by atoms with E-state index in [1.807, 2.05) is 48.5 Å². The van der Waals surface area contributed by atoms with Crippen LogP contribution in [0.15, 0.2) is 76.1 Å². The Hall–Kier alpha value is -2.88. The van der Waals surface area contributed by atoms with Crippen LogP contribution in [0.25, 0.3) is 6.08 Å². The molecular formula is C21H15BrN2O2S. The third kappa shape index (κ3) is 5.55. The van der Waals surface area contributed by atoms with Gasteiger partial charge in [-0.3, -0.25) is 4.79 Å². The third-order valence-electron chi connectivity index (χ3n) is 3.61. The largest absolute Gasteiger partial charge is 0.489 e. The van der Waals surface area contributed by atoms with Crippen LogP contribution < -0.4 is 10.1 Å². The molecule has 2 aromatic carbocycles. The number of anilines is 1. The first-order chi connectivity index (χ1) is 13.1. The lowest BCUT2D eigenvalue weighted by molar-refractivity contribution is -0.112. The fraction of sp³-hybridized carbons (Fsp3) is 0.0476. The van der Waals surface area contributed by atoms with Crippen molar-refractivity contribution >= 4 is 44.9 Å². The molecular weight excluding hydrogens is 424 g/mol. The highest BCUT2D eigenvalue weighted by atomic mass is 79.9. The van der Waals surface area contributed by atoms with Crippen molar-refractivity contribution in [1.29, 1.82) is 5.26 Å². The van der Waals surface area contributed by atoms with Crippen LogP contribution in [-0.4, -0.2) is 5.91 Å². The van der Waals surface area contributed by atoms with E-state index in [1.54, 1.807) is 30.3 Å². The van der Waals surface area contributed by atoms with Gasteiger partial charge in [0.25, 0.3) is 5.91 Å². The highest BCUT2D eigenvalue weighted by Crippen LogP contribution is 2.24. The molecule has 27 heavy (non-hydrogen) atoms. The number of carbonyl (C=O) groups excluding carboxylic acids is 1. The summed E-state index contributed by atoms with van der Waals surface area (Å²) < 4.78 is 6.66. The van der Waals surface area contributed by atoms with E-state index < -0.39 is 5.91 Å². The number of hydrogen-bond acceptors (Lipinski definition) is 4. The van der Waals surface area contributed by atoms with Crippen molar-refractivity contribution in [1.82, 2.24) is 0 Å². The van der Waals surface area contributed by atoms with E-state index in [0.717, 1.165) is 14.2 Å². The molecule has 1 N–H and O–H groups in total. The van der Waals surface area contributed by atoms with Gasteiger partial charge in [-0.2, -0.15) is 5.26 Å². The van der Waals surface area contributed by atoms with Gasteiger partial charge >= 0.3 is 0 Å². The van der Waals surface area contributed by atoms with Crippen LogP contribution in [0.2, 0.25) is 0 Å². The molecule has 0 aliphatic carbocycles. The molecule has 0 aliphatic heterocycles. The number of hydrogen-bond donors (Lipinski definition) is 1. The summed E-state index contributed by atoms with van der Waals surface area (Å²) in [6, 6.07) is 22.6. The highest BCUT2D eigenvalue weighted by Gasteiger charge is 2.10. The molecule has 0 saturated heterocycles. The van der Waals surface area contributed by atoms with E-state index in [2.05, 4.69) is 21.2 Å². The van der Waals surface area contributed by atoms with Gasteiger partial charge in [-0.1, -0.05) is 30.3 Å². The summed E-state index contributed by atoms with van der Waals surface area (Å²) in [6.45, 7) is 0.476. The van der Waals surface area contributed by atoms with Gasteiger partial charge in [0.05, 0.1) is 3.79 Å². The molecule has 1 amide bonds. The molecule has 0 spiro atoms. The average molecular weight is 439 g/mol. The molecule has 1 heterocycles. The fourth-order valence-corrected chi connectivity index (χ4v) is 3.64. The van der Waals surface area contributed by atoms with Crippen molar-refractivity contribution < 1.29 is 9.53 Å². The first kappa shape index (κ1) is 18.9. The second-order valence-electron chi connectivity index (χ2n) is 5.56. The molecule has 0 unspecified atom stereocenters. The quantitative estimate of drug-likeness (QED) is 0.400. The van der Waals surface area contributed by atoms with Gasteiger partial charge in [-0.25, -0.2) is 0 Å². The Kier molecular flexibility index (Phi) is 6.42. The molecule has 134 valence electrons. The van der Waals surface area contributed by atoms with Gasteiger partial charge in [0.1, 0.15) is 24.0 Å². The molecule has 4 nitrogen and oxygen atoms in total. The van der Waals surface area contributed by atoms with Crippen molar-refractivity contribution in [2.24, 2.45) is 0 Å². The van der Waals surface area contributed by atoms with Crippen molar-refractivity contribution in [3.63, 3.8) is 0 Å². The first-order valence-electron chi connectivity index (χ1n) is 8.09. The number of nitrogens with zero attached hydrogens (tertiary/aromatic N) is 1. The normalized spacial score (nSPS) is 10.9. The predicted octanol–water partition coefficient (Wildman–Crippen LogP) is 5.64. The molecule has 0 atom stereocenters. The lowest BCUT2D eigenvalue weighted by Crippen LogP contribution is -2.13. The summed E-state index contributed by atoms with van der Waals surface area (Å²) in [5.41, 5.74) is 1.73. The Morgan fingerprint density at radius 2 is 1.85 bits per heavy atom. The number of nitrogens with one attached hydrogen (secondary N) is 1. The third-order valence-corrected chi connectivity index (χ3v) is 5.18. The van der Waals surface area contributed by atoms with E-state index in [4.69, 9.17) is 4.74 Å². The summed E-state index contributed by atoms with van der Waals surface area (Å²) in [4.78, 5) is 13.1. The second kappa shape index (κ2) is 9.17. The standard InChI is InChI=1S/C21H15BrN2O2S/c22-20-11-10-19(27-20)12-16(13-23)21(25)24-17-6-8-18(9-7-17)26-14-15-4-2-1-3-5-15/h1-12H,14H2,(H,24,25)/b16-12+. The molecule has 0 bridgehead atoms. The first-order valence-corrected chi connectivity index (χ1v) is 9.70. The predicted molar refractivity (Wildman–Crippen MR) is 111 cm³/mol. The van der Waals surface area contributed by atoms with Gasteiger partial charge in [-0.15, -0.1) is 11.3 Å². The second-order valence-corrected chi connectivity index (χ2v) is 8.06. The minimum absolute atomic E-state index is 0.0498. The van der Waals surface area contributed by atoms with E-state index in [9.17, 15) is 10.1 Å². The zero-order valence-corrected chi connectivity index (χ0v) is 16.6. The highest BCUT2D eigenvalue weighted by molar-refractivity contribution is 9.11. The van der Waals surface area contributed by atoms with Gasteiger partial charge < -0.3 is 10.1 Å². The maximum atomic E-state index is 12.3. The Balaban J connectivity index is 1.61. The van der Waals surface area contributed by atoms with E-state index >= 15 is 0 Å². The van der Waals surface area contributed by atoms with Crippen molar-refractivity contribution in [2.75, 3.05) is 5.32 Å². The van der Waals surface area contributed by atoms with Gasteiger partial charge in [0.15, 0.2) is 0 Å². The average Bonchev–Trinajstić information content (AvgIpc) is 3.11. The van der Waals surface area contributed by atoms with Crippen LogP contribution in [0, 0.1) is 11.3 Å². The Morgan fingerprint density at radius 1 is 1.11 bits per heavy atom. The number of nitriles is 1. The maximum absolute atomic E-state index is 12.3. The Bertz CT molecular complexity index is 989. The topological polar surface area (TPSA) is 62.1 Å². The van der Waals surface area contributed by atoms with Crippen LogP contribution in [0.1, 0.15) is 10.4 Å². The lowest BCUT2D eigenvalue weighted by atomic mass is 10.2. The molecule has 0 saturated carbocycles. The van der Waals surface area contributed by atoms with Crippen LogP contribution in [0.5, 0.6) is 5.75 Å². The summed E-state index contributed by atoms with van der Waals surface area (Å²) in [5.74, 6) is 0.260. The Morgan fingerprint density at radius 3 is 2.48 bits per heavy atom. The van der Waals surface area contributed by atoms with E-state index in [0.29, 0.717) is 18.0 Å². The molecule has 0 radical (unpaired) electrons. The molecule has 6 heteroatoms. The monoisotopic (exact) mass is 438 g/mol. The smallest absolute Gasteiger partial charge is 0.266 e. The minimum Gasteiger partial charge on any atom is -0.489 e. The number of rotatable bonds is 6. The Labute approximate surface area is 169 Å². The van der Waals surface area contributed by atoms with Crippen LogP contribution in [0.4, 0.5) is 5.69 Å². The zero-order valence-electron chi connectivity index (χ0n) is 14.2. The molecule has 0 fully saturated rings. The van der Waals surface area contributed by atoms with Crippen molar-refractivity contribution in [2.45, 2.75) is 6.61 Å². The summed E-state index contributed by atoms with van der Waals surface area (Å²) in [7, 11) is 0. The molecule has 0 aliphatic rings. The van der Waals surface area contributed by atoms with Crippen LogP contribution in [0.3, 0.4) is 0 Å². The molecule has 1 aromatic heterocycles. The van der Waals surface area contributed by atoms with Gasteiger partial charge in [-0.05, 0) is 64.0 Å². The number of ether oxygens (including phenoxy) is 1. The van der Waals surface area contributed by atoms with E-state index in [-0.39, 0.29) is 5.57 Å². The minimum atomic E-state index is -0.444. The summed E-state index contributed by atoms with van der Waals surface area (Å²) in [6.07, 6.45) is 1.57. The summed E-state index contributed by atoms with van der Waals surface area (Å²) >= 11 is 4.82. The van der Waals surface area contributed by atoms with Crippen molar-refractivity contribution in [3.05, 3.63) is 86.5 Å². The summed E-state index contributed by atoms with van der Waals surface area (Å²) in [5, 5.41) is 12.0. The van der Waals surface area contributed by atoms with Gasteiger partial charge in [0.2, 0.25) is 0 Å². The van der Waals surface area contributed by atoms with Crippen LogP contribution in [-0.2, 0) is 11.4 Å². The SMILES string of the molecule is N#C/C(=C\c1ccc(Br)s1)C(=O)Nc1ccc(OCc2ccccc2)cc1. The van der Waals surface area contributed by atoms with E-state index in [1.165, 1.54) is 11.3 Å². The van der Waals surface area contributed by atoms with Crippen LogP contribution >= 0.6 is 27.3 Å². The number of amides is 1. The molecule has 3 rings (SSSR count). The fourth-order valence-electron chi connectivity index (χ4n) is 2.27. The maximum Gasteiger partial charge on any atom is 0.266 e. The lowest BCUT2D eigenvalue weighted by Gasteiger charge is -2.08. The number of thiophene rings is 1. The van der Waals surface area contributed by atoms with Crippen molar-refractivity contribution in [3.8, 4) is 11.8 Å². The zero-order chi connectivity index (χ0) is 19.1. The number of benzene rings is 2.